The summed E-state index contributed by atoms with van der Waals surface area (Å²) in [6, 6.07) is 8.74. The van der Waals surface area contributed by atoms with E-state index >= 15 is 0 Å². The predicted molar refractivity (Wildman–Crippen MR) is 127 cm³/mol. The Morgan fingerprint density at radius 1 is 1.00 bits per heavy atom. The van der Waals surface area contributed by atoms with E-state index in [1.807, 2.05) is 0 Å². The number of halogens is 1. The lowest BCUT2D eigenvalue weighted by Gasteiger charge is -2.34. The normalized spacial score (nSPS) is 16.3. The summed E-state index contributed by atoms with van der Waals surface area (Å²) in [4.78, 5) is 9.89. The number of nitrogens with zero attached hydrogens (tertiary/aromatic N) is 3. The molecule has 0 radical (unpaired) electrons. The Hall–Kier alpha value is -0.860. The van der Waals surface area contributed by atoms with E-state index in [-0.39, 0.29) is 24.0 Å². The van der Waals surface area contributed by atoms with Crippen LogP contribution in [-0.4, -0.2) is 61.6 Å². The molecule has 1 fully saturated rings. The highest BCUT2D eigenvalue weighted by Gasteiger charge is 2.16. The lowest BCUT2D eigenvalue weighted by atomic mass is 10.1. The van der Waals surface area contributed by atoms with Crippen LogP contribution < -0.4 is 10.6 Å². The van der Waals surface area contributed by atoms with E-state index < -0.39 is 0 Å². The first-order valence-electron chi connectivity index (χ1n) is 10.2. The zero-order chi connectivity index (χ0) is 18.8. The van der Waals surface area contributed by atoms with Gasteiger partial charge in [0.1, 0.15) is 0 Å². The van der Waals surface area contributed by atoms with E-state index in [1.165, 1.54) is 24.2 Å². The van der Waals surface area contributed by atoms with Gasteiger partial charge in [-0.05, 0) is 30.5 Å². The van der Waals surface area contributed by atoms with Crippen molar-refractivity contribution >= 4 is 29.9 Å². The lowest BCUT2D eigenvalue weighted by Crippen LogP contribution is -2.45. The molecular weight excluding hydrogens is 449 g/mol. The molecular formula is C21H38IN5. The molecule has 0 saturated carbocycles. The zero-order valence-electron chi connectivity index (χ0n) is 17.5. The zero-order valence-corrected chi connectivity index (χ0v) is 19.8. The van der Waals surface area contributed by atoms with Gasteiger partial charge in [0.15, 0.2) is 5.96 Å². The van der Waals surface area contributed by atoms with Gasteiger partial charge in [-0.1, -0.05) is 45.0 Å². The maximum atomic E-state index is 4.80. The first-order valence-corrected chi connectivity index (χ1v) is 10.2. The third-order valence-electron chi connectivity index (χ3n) is 4.85. The van der Waals surface area contributed by atoms with Gasteiger partial charge in [0.2, 0.25) is 0 Å². The molecule has 0 unspecified atom stereocenters. The molecule has 5 nitrogen and oxygen atoms in total. The van der Waals surface area contributed by atoms with E-state index in [9.17, 15) is 0 Å². The number of guanidine groups is 1. The molecule has 0 bridgehead atoms. The van der Waals surface area contributed by atoms with Crippen molar-refractivity contribution in [1.82, 2.24) is 20.4 Å². The van der Waals surface area contributed by atoms with Crippen LogP contribution in [0.5, 0.6) is 0 Å². The molecule has 1 saturated heterocycles. The van der Waals surface area contributed by atoms with Crippen LogP contribution >= 0.6 is 24.0 Å². The largest absolute Gasteiger partial charge is 0.357 e. The second-order valence-corrected chi connectivity index (χ2v) is 7.45. The Labute approximate surface area is 183 Å². The first-order chi connectivity index (χ1) is 12.6. The van der Waals surface area contributed by atoms with E-state index in [0.717, 1.165) is 51.8 Å². The fourth-order valence-electron chi connectivity index (χ4n) is 3.18. The van der Waals surface area contributed by atoms with Crippen molar-refractivity contribution < 1.29 is 0 Å². The maximum absolute atomic E-state index is 4.80. The van der Waals surface area contributed by atoms with Crippen molar-refractivity contribution in [2.24, 2.45) is 10.9 Å². The molecule has 0 amide bonds. The Morgan fingerprint density at radius 3 is 2.22 bits per heavy atom. The van der Waals surface area contributed by atoms with Gasteiger partial charge in [-0.3, -0.25) is 4.90 Å². The summed E-state index contributed by atoms with van der Waals surface area (Å²) < 4.78 is 0. The molecule has 2 N–H and O–H groups in total. The number of rotatable bonds is 8. The van der Waals surface area contributed by atoms with Crippen molar-refractivity contribution in [3.05, 3.63) is 35.4 Å². The molecule has 0 aromatic heterocycles. The molecule has 1 aliphatic rings. The van der Waals surface area contributed by atoms with Gasteiger partial charge in [0.25, 0.3) is 0 Å². The minimum atomic E-state index is 0. The van der Waals surface area contributed by atoms with E-state index in [0.29, 0.717) is 5.92 Å². The summed E-state index contributed by atoms with van der Waals surface area (Å²) in [7, 11) is 0. The van der Waals surface area contributed by atoms with Gasteiger partial charge in [-0.15, -0.1) is 24.0 Å². The molecule has 1 heterocycles. The van der Waals surface area contributed by atoms with Crippen molar-refractivity contribution in [3.63, 3.8) is 0 Å². The van der Waals surface area contributed by atoms with Crippen molar-refractivity contribution in [3.8, 4) is 0 Å². The lowest BCUT2D eigenvalue weighted by molar-refractivity contribution is 0.131. The third-order valence-corrected chi connectivity index (χ3v) is 4.85. The van der Waals surface area contributed by atoms with Crippen LogP contribution in [-0.2, 0) is 13.1 Å². The van der Waals surface area contributed by atoms with Gasteiger partial charge in [0, 0.05) is 45.8 Å². The van der Waals surface area contributed by atoms with E-state index in [4.69, 9.17) is 4.99 Å². The topological polar surface area (TPSA) is 42.9 Å². The molecule has 0 atom stereocenters. The van der Waals surface area contributed by atoms with E-state index in [2.05, 4.69) is 72.4 Å². The molecule has 2 rings (SSSR count). The van der Waals surface area contributed by atoms with E-state index in [1.54, 1.807) is 0 Å². The fraction of sp³-hybridized carbons (Fsp3) is 0.667. The number of nitrogens with one attached hydrogen (secondary N) is 2. The standard InChI is InChI=1S/C21H37N5.HI/c1-5-22-21(23-15-18(3)4)24-16-19-9-7-8-10-20(19)17-26-13-11-25(6-2)12-14-26;/h7-10,18H,5-6,11-17H2,1-4H3,(H2,22,23,24);1H. The fourth-order valence-corrected chi connectivity index (χ4v) is 3.18. The minimum absolute atomic E-state index is 0. The molecule has 1 aliphatic heterocycles. The number of hydrogen-bond acceptors (Lipinski definition) is 3. The van der Waals surface area contributed by atoms with Gasteiger partial charge in [-0.25, -0.2) is 4.99 Å². The van der Waals surface area contributed by atoms with Gasteiger partial charge in [-0.2, -0.15) is 0 Å². The molecule has 27 heavy (non-hydrogen) atoms. The third kappa shape index (κ3) is 8.79. The molecule has 1 aromatic carbocycles. The van der Waals surface area contributed by atoms with Gasteiger partial charge >= 0.3 is 0 Å². The van der Waals surface area contributed by atoms with Crippen LogP contribution in [0.25, 0.3) is 0 Å². The average molecular weight is 487 g/mol. The van der Waals surface area contributed by atoms with Crippen molar-refractivity contribution in [2.75, 3.05) is 45.8 Å². The van der Waals surface area contributed by atoms with Crippen LogP contribution in [0.15, 0.2) is 29.3 Å². The maximum Gasteiger partial charge on any atom is 0.191 e. The van der Waals surface area contributed by atoms with Gasteiger partial charge < -0.3 is 15.5 Å². The van der Waals surface area contributed by atoms with Gasteiger partial charge in [0.05, 0.1) is 6.54 Å². The van der Waals surface area contributed by atoms with Crippen LogP contribution in [0.1, 0.15) is 38.8 Å². The quantitative estimate of drug-likeness (QED) is 0.336. The number of piperazine rings is 1. The summed E-state index contributed by atoms with van der Waals surface area (Å²) in [6.07, 6.45) is 0. The molecule has 154 valence electrons. The minimum Gasteiger partial charge on any atom is -0.357 e. The van der Waals surface area contributed by atoms with Crippen LogP contribution in [0.4, 0.5) is 0 Å². The summed E-state index contributed by atoms with van der Waals surface area (Å²) in [5.74, 6) is 1.51. The SMILES string of the molecule is CCNC(=NCc1ccccc1CN1CCN(CC)CC1)NCC(C)C.I. The Balaban J connectivity index is 0.00000364. The number of hydrogen-bond donors (Lipinski definition) is 2. The molecule has 1 aromatic rings. The van der Waals surface area contributed by atoms with Crippen LogP contribution in [0.2, 0.25) is 0 Å². The second kappa shape index (κ2) is 13.3. The Kier molecular flexibility index (Phi) is 11.9. The highest BCUT2D eigenvalue weighted by Crippen LogP contribution is 2.14. The Morgan fingerprint density at radius 2 is 1.63 bits per heavy atom. The van der Waals surface area contributed by atoms with Crippen molar-refractivity contribution in [1.29, 1.82) is 0 Å². The number of benzene rings is 1. The molecule has 0 spiro atoms. The summed E-state index contributed by atoms with van der Waals surface area (Å²) in [5.41, 5.74) is 2.73. The highest BCUT2D eigenvalue weighted by atomic mass is 127. The Bertz CT molecular complexity index is 553. The highest BCUT2D eigenvalue weighted by molar-refractivity contribution is 14.0. The summed E-state index contributed by atoms with van der Waals surface area (Å²) in [6.45, 7) is 18.2. The first kappa shape index (κ1) is 24.2. The van der Waals surface area contributed by atoms with Crippen LogP contribution in [0, 0.1) is 5.92 Å². The monoisotopic (exact) mass is 487 g/mol. The molecule has 0 aliphatic carbocycles. The van der Waals surface area contributed by atoms with Crippen molar-refractivity contribution in [2.45, 2.75) is 40.8 Å². The summed E-state index contributed by atoms with van der Waals surface area (Å²) in [5, 5.41) is 6.77. The summed E-state index contributed by atoms with van der Waals surface area (Å²) >= 11 is 0. The number of likely N-dealkylation sites (N-methyl/N-ethyl adjacent to an activating group) is 1. The number of aliphatic imine (C=N–C) groups is 1. The second-order valence-electron chi connectivity index (χ2n) is 7.45. The smallest absolute Gasteiger partial charge is 0.191 e. The average Bonchev–Trinajstić information content (AvgIpc) is 2.65. The van der Waals surface area contributed by atoms with Crippen LogP contribution in [0.3, 0.4) is 0 Å². The molecule has 6 heteroatoms. The predicted octanol–water partition coefficient (Wildman–Crippen LogP) is 3.15.